The van der Waals surface area contributed by atoms with Gasteiger partial charge in [-0.15, -0.1) is 0 Å². The Bertz CT molecular complexity index is 1530. The third-order valence-corrected chi connectivity index (χ3v) is 8.65. The summed E-state index contributed by atoms with van der Waals surface area (Å²) in [5.74, 6) is -0.501. The number of hydrogen-bond donors (Lipinski definition) is 2. The maximum Gasteiger partial charge on any atom is 0.243 e. The smallest absolute Gasteiger partial charge is 0.243 e. The average molecular weight is 523 g/mol. The number of anilines is 1. The number of pyridine rings is 1. The molecule has 1 aliphatic heterocycles. The van der Waals surface area contributed by atoms with Crippen molar-refractivity contribution in [2.45, 2.75) is 17.7 Å². The van der Waals surface area contributed by atoms with Crippen LogP contribution in [-0.4, -0.2) is 49.8 Å². The molecule has 0 unspecified atom stereocenters. The Labute approximate surface area is 215 Å². The molecule has 1 aromatic heterocycles. The molecule has 0 radical (unpaired) electrons. The quantitative estimate of drug-likeness (QED) is 0.344. The second-order valence-corrected chi connectivity index (χ2v) is 11.3. The van der Waals surface area contributed by atoms with E-state index in [0.717, 1.165) is 27.4 Å². The van der Waals surface area contributed by atoms with Crippen molar-refractivity contribution >= 4 is 54.9 Å². The second kappa shape index (κ2) is 10.4. The average Bonchev–Trinajstić information content (AvgIpc) is 2.90. The molecule has 0 saturated carbocycles. The van der Waals surface area contributed by atoms with Crippen LogP contribution < -0.4 is 10.6 Å². The van der Waals surface area contributed by atoms with Crippen LogP contribution >= 0.6 is 11.6 Å². The number of carbonyl (C=O) groups is 1. The number of rotatable bonds is 7. The number of nitrogens with one attached hydrogen (secondary N) is 2. The topological polar surface area (TPSA) is 91.4 Å². The summed E-state index contributed by atoms with van der Waals surface area (Å²) < 4.78 is 28.1. The Hall–Kier alpha value is -3.20. The molecule has 9 heteroatoms. The van der Waals surface area contributed by atoms with Gasteiger partial charge < -0.3 is 10.6 Å². The van der Waals surface area contributed by atoms with Gasteiger partial charge in [0.25, 0.3) is 0 Å². The highest BCUT2D eigenvalue weighted by molar-refractivity contribution is 7.89. The molecular weight excluding hydrogens is 496 g/mol. The van der Waals surface area contributed by atoms with E-state index in [1.54, 1.807) is 18.3 Å². The number of benzene rings is 3. The van der Waals surface area contributed by atoms with Crippen LogP contribution in [0.3, 0.4) is 0 Å². The van der Waals surface area contributed by atoms with E-state index in [1.807, 2.05) is 54.6 Å². The molecule has 4 aromatic rings. The minimum Gasteiger partial charge on any atom is -0.383 e. The van der Waals surface area contributed by atoms with Gasteiger partial charge in [-0.2, -0.15) is 4.31 Å². The van der Waals surface area contributed by atoms with E-state index < -0.39 is 10.0 Å². The second-order valence-electron chi connectivity index (χ2n) is 8.95. The molecule has 5 rings (SSSR count). The summed E-state index contributed by atoms with van der Waals surface area (Å²) in [6.07, 6.45) is 3.03. The van der Waals surface area contributed by atoms with Crippen molar-refractivity contribution in [3.05, 3.63) is 77.9 Å². The number of amides is 1. The zero-order chi connectivity index (χ0) is 25.1. The van der Waals surface area contributed by atoms with Gasteiger partial charge in [-0.05, 0) is 60.0 Å². The van der Waals surface area contributed by atoms with E-state index in [-0.39, 0.29) is 23.3 Å². The van der Waals surface area contributed by atoms with E-state index in [1.165, 1.54) is 4.31 Å². The normalized spacial score (nSPS) is 16.8. The molecule has 186 valence electrons. The van der Waals surface area contributed by atoms with Gasteiger partial charge in [-0.1, -0.05) is 41.9 Å². The minimum atomic E-state index is -3.68. The number of sulfonamides is 1. The zero-order valence-electron chi connectivity index (χ0n) is 19.7. The molecule has 1 fully saturated rings. The van der Waals surface area contributed by atoms with Crippen LogP contribution in [0.25, 0.3) is 21.7 Å². The molecule has 36 heavy (non-hydrogen) atoms. The Balaban J connectivity index is 1.18. The van der Waals surface area contributed by atoms with E-state index in [9.17, 15) is 13.2 Å². The van der Waals surface area contributed by atoms with Crippen molar-refractivity contribution in [3.8, 4) is 0 Å². The zero-order valence-corrected chi connectivity index (χ0v) is 21.2. The summed E-state index contributed by atoms with van der Waals surface area (Å²) in [4.78, 5) is 17.5. The molecule has 1 aliphatic rings. The maximum atomic E-state index is 13.3. The lowest BCUT2D eigenvalue weighted by molar-refractivity contribution is -0.125. The molecule has 1 saturated heterocycles. The molecule has 2 heterocycles. The SMILES string of the molecule is O=C(NCCNc1ccnc2cc(Cl)ccc12)[C@H]1CCCN(S(=O)(=O)c2ccc3ccccc3c2)C1. The lowest BCUT2D eigenvalue weighted by Gasteiger charge is -2.31. The van der Waals surface area contributed by atoms with Crippen LogP contribution in [0.4, 0.5) is 5.69 Å². The standard InChI is InChI=1S/C27H27ClN4O3S/c28-22-8-10-24-25(11-12-29-26(24)17-22)30-13-14-31-27(33)21-6-3-15-32(18-21)36(34,35)23-9-7-19-4-1-2-5-20(19)16-23/h1-2,4-5,7-12,16-17,21H,3,6,13-15,18H2,(H,29,30)(H,31,33)/t21-/m0/s1. The van der Waals surface area contributed by atoms with Gasteiger partial charge in [0, 0.05) is 48.5 Å². The third-order valence-electron chi connectivity index (χ3n) is 6.56. The number of aromatic nitrogens is 1. The molecule has 0 bridgehead atoms. The Morgan fingerprint density at radius 1 is 1.03 bits per heavy atom. The Morgan fingerprint density at radius 3 is 2.72 bits per heavy atom. The highest BCUT2D eigenvalue weighted by atomic mass is 35.5. The van der Waals surface area contributed by atoms with Crippen LogP contribution in [-0.2, 0) is 14.8 Å². The summed E-state index contributed by atoms with van der Waals surface area (Å²) in [5, 5.41) is 9.74. The largest absolute Gasteiger partial charge is 0.383 e. The Kier molecular flexibility index (Phi) is 7.09. The van der Waals surface area contributed by atoms with Gasteiger partial charge in [-0.3, -0.25) is 9.78 Å². The number of halogens is 1. The number of carbonyl (C=O) groups excluding carboxylic acids is 1. The number of hydrogen-bond acceptors (Lipinski definition) is 5. The van der Waals surface area contributed by atoms with Gasteiger partial charge in [-0.25, -0.2) is 8.42 Å². The van der Waals surface area contributed by atoms with Crippen molar-refractivity contribution in [1.82, 2.24) is 14.6 Å². The predicted molar refractivity (Wildman–Crippen MR) is 144 cm³/mol. The van der Waals surface area contributed by atoms with Crippen LogP contribution in [0, 0.1) is 5.92 Å². The first kappa shape index (κ1) is 24.5. The number of fused-ring (bicyclic) bond motifs is 2. The minimum absolute atomic E-state index is 0.124. The van der Waals surface area contributed by atoms with Crippen molar-refractivity contribution in [3.63, 3.8) is 0 Å². The Morgan fingerprint density at radius 2 is 1.86 bits per heavy atom. The van der Waals surface area contributed by atoms with Gasteiger partial charge in [0.05, 0.1) is 16.3 Å². The van der Waals surface area contributed by atoms with Crippen molar-refractivity contribution in [2.24, 2.45) is 5.92 Å². The molecular formula is C27H27ClN4O3S. The predicted octanol–water partition coefficient (Wildman–Crippen LogP) is 4.67. The summed E-state index contributed by atoms with van der Waals surface area (Å²) in [6, 6.07) is 20.3. The summed E-state index contributed by atoms with van der Waals surface area (Å²) in [6.45, 7) is 1.55. The maximum absolute atomic E-state index is 13.3. The number of piperidine rings is 1. The number of nitrogens with zero attached hydrogens (tertiary/aromatic N) is 2. The monoisotopic (exact) mass is 522 g/mol. The van der Waals surface area contributed by atoms with Crippen LogP contribution in [0.5, 0.6) is 0 Å². The van der Waals surface area contributed by atoms with E-state index >= 15 is 0 Å². The van der Waals surface area contributed by atoms with E-state index in [0.29, 0.717) is 37.5 Å². The first-order valence-corrected chi connectivity index (χ1v) is 13.8. The highest BCUT2D eigenvalue weighted by Crippen LogP contribution is 2.27. The summed E-state index contributed by atoms with van der Waals surface area (Å²) >= 11 is 6.05. The fourth-order valence-corrected chi connectivity index (χ4v) is 6.38. The molecule has 3 aromatic carbocycles. The molecule has 0 spiro atoms. The van der Waals surface area contributed by atoms with E-state index in [2.05, 4.69) is 15.6 Å². The first-order chi connectivity index (χ1) is 17.4. The summed E-state index contributed by atoms with van der Waals surface area (Å²) in [7, 11) is -3.68. The fourth-order valence-electron chi connectivity index (χ4n) is 4.65. The summed E-state index contributed by atoms with van der Waals surface area (Å²) in [5.41, 5.74) is 1.71. The van der Waals surface area contributed by atoms with Crippen molar-refractivity contribution in [2.75, 3.05) is 31.5 Å². The molecule has 7 nitrogen and oxygen atoms in total. The van der Waals surface area contributed by atoms with Gasteiger partial charge in [0.1, 0.15) is 0 Å². The third kappa shape index (κ3) is 5.16. The lowest BCUT2D eigenvalue weighted by Crippen LogP contribution is -2.46. The van der Waals surface area contributed by atoms with Crippen LogP contribution in [0.15, 0.2) is 77.8 Å². The lowest BCUT2D eigenvalue weighted by atomic mass is 9.99. The molecule has 1 atom stereocenters. The van der Waals surface area contributed by atoms with Crippen molar-refractivity contribution < 1.29 is 13.2 Å². The van der Waals surface area contributed by atoms with Crippen molar-refractivity contribution in [1.29, 1.82) is 0 Å². The highest BCUT2D eigenvalue weighted by Gasteiger charge is 2.33. The molecule has 0 aliphatic carbocycles. The van der Waals surface area contributed by atoms with E-state index in [4.69, 9.17) is 11.6 Å². The molecule has 1 amide bonds. The molecule has 2 N–H and O–H groups in total. The van der Waals surface area contributed by atoms with Gasteiger partial charge in [0.15, 0.2) is 0 Å². The van der Waals surface area contributed by atoms with Crippen LogP contribution in [0.2, 0.25) is 5.02 Å². The van der Waals surface area contributed by atoms with Crippen LogP contribution in [0.1, 0.15) is 12.8 Å². The van der Waals surface area contributed by atoms with Gasteiger partial charge >= 0.3 is 0 Å². The fraction of sp³-hybridized carbons (Fsp3) is 0.259. The first-order valence-electron chi connectivity index (χ1n) is 12.0. The van der Waals surface area contributed by atoms with Gasteiger partial charge in [0.2, 0.25) is 15.9 Å².